The molecule has 1 atom stereocenters. The number of carbonyl (C=O) groups excluding carboxylic acids is 2. The van der Waals surface area contributed by atoms with E-state index in [1.165, 1.54) is 6.33 Å². The van der Waals surface area contributed by atoms with E-state index in [4.69, 9.17) is 0 Å². The SMILES string of the molecule is CC1=C(C(=O)NCc2ccc(-n3cncn3)cc2)C(C)NC(=O)N1. The lowest BCUT2D eigenvalue weighted by Gasteiger charge is -2.25. The van der Waals surface area contributed by atoms with Gasteiger partial charge in [0.1, 0.15) is 12.7 Å². The molecule has 1 aromatic carbocycles. The van der Waals surface area contributed by atoms with Crippen LogP contribution >= 0.6 is 0 Å². The fourth-order valence-electron chi connectivity index (χ4n) is 2.62. The van der Waals surface area contributed by atoms with E-state index in [0.29, 0.717) is 17.8 Å². The number of amides is 3. The van der Waals surface area contributed by atoms with E-state index >= 15 is 0 Å². The predicted molar refractivity (Wildman–Crippen MR) is 87.0 cm³/mol. The molecule has 24 heavy (non-hydrogen) atoms. The van der Waals surface area contributed by atoms with Gasteiger partial charge >= 0.3 is 6.03 Å². The molecular formula is C16H18N6O2. The first-order chi connectivity index (χ1) is 11.5. The summed E-state index contributed by atoms with van der Waals surface area (Å²) in [6, 6.07) is 7.04. The summed E-state index contributed by atoms with van der Waals surface area (Å²) in [7, 11) is 0. The van der Waals surface area contributed by atoms with Crippen molar-refractivity contribution in [2.75, 3.05) is 0 Å². The molecule has 124 valence electrons. The van der Waals surface area contributed by atoms with Gasteiger partial charge in [-0.3, -0.25) is 4.79 Å². The lowest BCUT2D eigenvalue weighted by molar-refractivity contribution is -0.118. The minimum Gasteiger partial charge on any atom is -0.348 e. The molecular weight excluding hydrogens is 308 g/mol. The number of hydrogen-bond acceptors (Lipinski definition) is 4. The Balaban J connectivity index is 1.64. The molecule has 2 heterocycles. The summed E-state index contributed by atoms with van der Waals surface area (Å²) < 4.78 is 1.66. The molecule has 0 saturated carbocycles. The van der Waals surface area contributed by atoms with Gasteiger partial charge in [-0.05, 0) is 31.5 Å². The van der Waals surface area contributed by atoms with Gasteiger partial charge in [-0.1, -0.05) is 12.1 Å². The van der Waals surface area contributed by atoms with Crippen LogP contribution in [-0.4, -0.2) is 32.7 Å². The van der Waals surface area contributed by atoms with Crippen LogP contribution in [0.1, 0.15) is 19.4 Å². The summed E-state index contributed by atoms with van der Waals surface area (Å²) in [5.74, 6) is -0.201. The van der Waals surface area contributed by atoms with E-state index in [-0.39, 0.29) is 18.0 Å². The van der Waals surface area contributed by atoms with Crippen LogP contribution in [0.15, 0.2) is 48.2 Å². The molecule has 8 heteroatoms. The molecule has 0 fully saturated rings. The summed E-state index contributed by atoms with van der Waals surface area (Å²) in [6.45, 7) is 3.90. The minimum atomic E-state index is -0.326. The minimum absolute atomic E-state index is 0.201. The van der Waals surface area contributed by atoms with Crippen molar-refractivity contribution < 1.29 is 9.59 Å². The highest BCUT2D eigenvalue weighted by molar-refractivity contribution is 5.98. The zero-order valence-electron chi connectivity index (χ0n) is 13.4. The molecule has 0 saturated heterocycles. The molecule has 0 radical (unpaired) electrons. The lowest BCUT2D eigenvalue weighted by atomic mass is 10.0. The highest BCUT2D eigenvalue weighted by Crippen LogP contribution is 2.13. The van der Waals surface area contributed by atoms with Crippen molar-refractivity contribution in [1.29, 1.82) is 0 Å². The van der Waals surface area contributed by atoms with Gasteiger partial charge in [-0.2, -0.15) is 5.10 Å². The standard InChI is InChI=1S/C16H18N6O2/c1-10-14(11(2)21-16(24)20-10)15(23)18-7-12-3-5-13(6-4-12)22-9-17-8-19-22/h3-6,8-10H,7H2,1-2H3,(H,18,23)(H2,20,21,24). The quantitative estimate of drug-likeness (QED) is 0.775. The van der Waals surface area contributed by atoms with Crippen LogP contribution in [0, 0.1) is 0 Å². The van der Waals surface area contributed by atoms with Gasteiger partial charge < -0.3 is 16.0 Å². The van der Waals surface area contributed by atoms with Crippen molar-refractivity contribution in [2.45, 2.75) is 26.4 Å². The first kappa shape index (κ1) is 15.7. The molecule has 1 aromatic heterocycles. The van der Waals surface area contributed by atoms with Crippen molar-refractivity contribution in [2.24, 2.45) is 0 Å². The first-order valence-corrected chi connectivity index (χ1v) is 7.55. The number of carbonyl (C=O) groups is 2. The van der Waals surface area contributed by atoms with E-state index < -0.39 is 0 Å². The van der Waals surface area contributed by atoms with E-state index in [9.17, 15) is 9.59 Å². The highest BCUT2D eigenvalue weighted by Gasteiger charge is 2.26. The zero-order valence-corrected chi connectivity index (χ0v) is 13.4. The van der Waals surface area contributed by atoms with Crippen LogP contribution in [0.4, 0.5) is 4.79 Å². The molecule has 3 rings (SSSR count). The third kappa shape index (κ3) is 3.27. The van der Waals surface area contributed by atoms with Crippen LogP contribution in [0.5, 0.6) is 0 Å². The Morgan fingerprint density at radius 1 is 1.33 bits per heavy atom. The maximum absolute atomic E-state index is 12.4. The largest absolute Gasteiger partial charge is 0.348 e. The molecule has 8 nitrogen and oxygen atoms in total. The van der Waals surface area contributed by atoms with Gasteiger partial charge in [-0.15, -0.1) is 0 Å². The van der Waals surface area contributed by atoms with Crippen molar-refractivity contribution in [3.63, 3.8) is 0 Å². The number of nitrogens with zero attached hydrogens (tertiary/aromatic N) is 3. The highest BCUT2D eigenvalue weighted by atomic mass is 16.2. The Labute approximate surface area is 139 Å². The molecule has 1 aliphatic rings. The van der Waals surface area contributed by atoms with E-state index in [1.54, 1.807) is 24.9 Å². The topological polar surface area (TPSA) is 101 Å². The Bertz CT molecular complexity index is 779. The molecule has 2 aromatic rings. The van der Waals surface area contributed by atoms with Gasteiger partial charge in [-0.25, -0.2) is 14.5 Å². The van der Waals surface area contributed by atoms with E-state index in [2.05, 4.69) is 26.0 Å². The summed E-state index contributed by atoms with van der Waals surface area (Å²) in [4.78, 5) is 27.6. The predicted octanol–water partition coefficient (Wildman–Crippen LogP) is 0.859. The molecule has 0 bridgehead atoms. The molecule has 3 N–H and O–H groups in total. The average molecular weight is 326 g/mol. The summed E-state index contributed by atoms with van der Waals surface area (Å²) in [5, 5.41) is 12.2. The molecule has 1 aliphatic heterocycles. The molecule has 0 spiro atoms. The van der Waals surface area contributed by atoms with Crippen LogP contribution in [0.25, 0.3) is 5.69 Å². The van der Waals surface area contributed by atoms with Gasteiger partial charge in [0.25, 0.3) is 5.91 Å². The Kier molecular flexibility index (Phi) is 4.28. The number of rotatable bonds is 4. The van der Waals surface area contributed by atoms with E-state index in [0.717, 1.165) is 11.3 Å². The number of aromatic nitrogens is 3. The van der Waals surface area contributed by atoms with E-state index in [1.807, 2.05) is 24.3 Å². The van der Waals surface area contributed by atoms with Gasteiger partial charge in [0.2, 0.25) is 0 Å². The average Bonchev–Trinajstić information content (AvgIpc) is 3.07. The summed E-state index contributed by atoms with van der Waals surface area (Å²) in [5.41, 5.74) is 2.97. The van der Waals surface area contributed by atoms with Gasteiger partial charge in [0, 0.05) is 12.2 Å². The monoisotopic (exact) mass is 326 g/mol. The van der Waals surface area contributed by atoms with Crippen molar-refractivity contribution in [3.8, 4) is 5.69 Å². The summed E-state index contributed by atoms with van der Waals surface area (Å²) >= 11 is 0. The second-order valence-electron chi connectivity index (χ2n) is 5.55. The Hall–Kier alpha value is -3.16. The number of allylic oxidation sites excluding steroid dienone is 1. The van der Waals surface area contributed by atoms with Crippen molar-refractivity contribution >= 4 is 11.9 Å². The first-order valence-electron chi connectivity index (χ1n) is 7.55. The number of urea groups is 1. The number of benzene rings is 1. The fourth-order valence-corrected chi connectivity index (χ4v) is 2.62. The fraction of sp³-hybridized carbons (Fsp3) is 0.250. The third-order valence-corrected chi connectivity index (χ3v) is 3.80. The molecule has 1 unspecified atom stereocenters. The zero-order chi connectivity index (χ0) is 17.1. The normalized spacial score (nSPS) is 17.2. The Morgan fingerprint density at radius 2 is 2.08 bits per heavy atom. The Morgan fingerprint density at radius 3 is 2.71 bits per heavy atom. The van der Waals surface area contributed by atoms with Gasteiger partial charge in [0.15, 0.2) is 0 Å². The molecule has 3 amide bonds. The maximum Gasteiger partial charge on any atom is 0.319 e. The second-order valence-corrected chi connectivity index (χ2v) is 5.55. The van der Waals surface area contributed by atoms with Crippen LogP contribution in [0.2, 0.25) is 0 Å². The second kappa shape index (κ2) is 6.53. The smallest absolute Gasteiger partial charge is 0.319 e. The van der Waals surface area contributed by atoms with Crippen LogP contribution in [0.3, 0.4) is 0 Å². The number of nitrogens with one attached hydrogen (secondary N) is 3. The number of hydrogen-bond donors (Lipinski definition) is 3. The maximum atomic E-state index is 12.4. The van der Waals surface area contributed by atoms with Crippen LogP contribution in [-0.2, 0) is 11.3 Å². The summed E-state index contributed by atoms with van der Waals surface area (Å²) in [6.07, 6.45) is 3.10. The lowest BCUT2D eigenvalue weighted by Crippen LogP contribution is -2.50. The molecule has 0 aliphatic carbocycles. The van der Waals surface area contributed by atoms with Gasteiger partial charge in [0.05, 0.1) is 17.3 Å². The van der Waals surface area contributed by atoms with Crippen molar-refractivity contribution in [1.82, 2.24) is 30.7 Å². The van der Waals surface area contributed by atoms with Crippen LogP contribution < -0.4 is 16.0 Å². The van der Waals surface area contributed by atoms with Crippen molar-refractivity contribution in [3.05, 3.63) is 53.8 Å². The third-order valence-electron chi connectivity index (χ3n) is 3.80.